The molecule has 0 saturated carbocycles. The van der Waals surface area contributed by atoms with E-state index < -0.39 is 0 Å². The predicted molar refractivity (Wildman–Crippen MR) is 63.7 cm³/mol. The summed E-state index contributed by atoms with van der Waals surface area (Å²) in [5.41, 5.74) is 1.22. The standard InChI is InChI=1S/C10H9ClN4.ClH/c11-9-3-2-8(6-14-9)7-15-5-1-4-13-10(15)12;/h1-6,12H,7H2;1H. The van der Waals surface area contributed by atoms with Gasteiger partial charge in [0.2, 0.25) is 5.62 Å². The van der Waals surface area contributed by atoms with E-state index in [1.807, 2.05) is 12.3 Å². The fraction of sp³-hybridized carbons (Fsp3) is 0.100. The van der Waals surface area contributed by atoms with Gasteiger partial charge in [0.15, 0.2) is 0 Å². The lowest BCUT2D eigenvalue weighted by Crippen LogP contribution is -2.22. The molecule has 0 bridgehead atoms. The van der Waals surface area contributed by atoms with Crippen LogP contribution in [0, 0.1) is 5.41 Å². The van der Waals surface area contributed by atoms with E-state index >= 15 is 0 Å². The van der Waals surface area contributed by atoms with E-state index in [0.29, 0.717) is 11.7 Å². The molecule has 0 aliphatic carbocycles. The van der Waals surface area contributed by atoms with E-state index in [0.717, 1.165) is 5.56 Å². The molecule has 0 unspecified atom stereocenters. The van der Waals surface area contributed by atoms with Crippen LogP contribution < -0.4 is 5.62 Å². The lowest BCUT2D eigenvalue weighted by Gasteiger charge is -2.04. The van der Waals surface area contributed by atoms with Gasteiger partial charge in [-0.05, 0) is 17.7 Å². The fourth-order valence-electron chi connectivity index (χ4n) is 1.23. The van der Waals surface area contributed by atoms with Gasteiger partial charge in [0.25, 0.3) is 0 Å². The number of hydrogen-bond acceptors (Lipinski definition) is 3. The Kier molecular flexibility index (Phi) is 4.46. The first-order chi connectivity index (χ1) is 7.25. The summed E-state index contributed by atoms with van der Waals surface area (Å²) in [7, 11) is 0. The van der Waals surface area contributed by atoms with Crippen LogP contribution in [0.25, 0.3) is 0 Å². The van der Waals surface area contributed by atoms with E-state index in [4.69, 9.17) is 17.0 Å². The quantitative estimate of drug-likeness (QED) is 0.835. The minimum absolute atomic E-state index is 0. The van der Waals surface area contributed by atoms with Crippen molar-refractivity contribution >= 4 is 24.0 Å². The van der Waals surface area contributed by atoms with Crippen LogP contribution in [-0.2, 0) is 6.54 Å². The van der Waals surface area contributed by atoms with Crippen LogP contribution in [0.1, 0.15) is 5.56 Å². The third-order valence-corrected chi connectivity index (χ3v) is 2.19. The molecule has 84 valence electrons. The Morgan fingerprint density at radius 2 is 2.12 bits per heavy atom. The van der Waals surface area contributed by atoms with E-state index in [1.54, 1.807) is 29.1 Å². The maximum atomic E-state index is 7.57. The van der Waals surface area contributed by atoms with Crippen LogP contribution in [0.5, 0.6) is 0 Å². The first-order valence-corrected chi connectivity index (χ1v) is 4.80. The van der Waals surface area contributed by atoms with Crippen LogP contribution in [0.3, 0.4) is 0 Å². The average Bonchev–Trinajstić information content (AvgIpc) is 2.25. The highest BCUT2D eigenvalue weighted by Gasteiger charge is 1.96. The number of halogens is 2. The fourth-order valence-corrected chi connectivity index (χ4v) is 1.34. The van der Waals surface area contributed by atoms with Gasteiger partial charge in [0.1, 0.15) is 5.15 Å². The first-order valence-electron chi connectivity index (χ1n) is 4.42. The number of pyridine rings is 1. The maximum absolute atomic E-state index is 7.57. The van der Waals surface area contributed by atoms with Gasteiger partial charge >= 0.3 is 0 Å². The highest BCUT2D eigenvalue weighted by molar-refractivity contribution is 6.29. The van der Waals surface area contributed by atoms with Gasteiger partial charge in [-0.1, -0.05) is 17.7 Å². The molecule has 4 nitrogen and oxygen atoms in total. The van der Waals surface area contributed by atoms with Crippen LogP contribution in [0.2, 0.25) is 5.15 Å². The molecule has 0 amide bonds. The molecule has 1 N–H and O–H groups in total. The lowest BCUT2D eigenvalue weighted by atomic mass is 10.3. The molecule has 0 atom stereocenters. The zero-order valence-electron chi connectivity index (χ0n) is 8.30. The maximum Gasteiger partial charge on any atom is 0.222 e. The van der Waals surface area contributed by atoms with Gasteiger partial charge in [-0.15, -0.1) is 12.4 Å². The molecule has 0 aliphatic heterocycles. The number of rotatable bonds is 2. The Labute approximate surface area is 104 Å². The second-order valence-corrected chi connectivity index (χ2v) is 3.45. The van der Waals surface area contributed by atoms with Crippen molar-refractivity contribution in [2.45, 2.75) is 6.54 Å². The van der Waals surface area contributed by atoms with Crippen molar-refractivity contribution in [3.8, 4) is 0 Å². The Hall–Kier alpha value is -1.39. The molecule has 0 spiro atoms. The molecule has 0 aliphatic rings. The monoisotopic (exact) mass is 256 g/mol. The Bertz CT molecular complexity index is 507. The lowest BCUT2D eigenvalue weighted by molar-refractivity contribution is 0.692. The highest BCUT2D eigenvalue weighted by atomic mass is 35.5. The molecule has 2 heterocycles. The van der Waals surface area contributed by atoms with Crippen LogP contribution >= 0.6 is 24.0 Å². The van der Waals surface area contributed by atoms with Crippen molar-refractivity contribution in [2.75, 3.05) is 0 Å². The molecule has 2 rings (SSSR count). The SMILES string of the molecule is Cl.N=c1ncccn1Cc1ccc(Cl)nc1. The van der Waals surface area contributed by atoms with Crippen LogP contribution in [0.4, 0.5) is 0 Å². The Morgan fingerprint density at radius 1 is 1.31 bits per heavy atom. The molecule has 0 aromatic carbocycles. The van der Waals surface area contributed by atoms with Gasteiger partial charge in [-0.2, -0.15) is 0 Å². The van der Waals surface area contributed by atoms with E-state index in [-0.39, 0.29) is 18.0 Å². The van der Waals surface area contributed by atoms with E-state index in [2.05, 4.69) is 9.97 Å². The summed E-state index contributed by atoms with van der Waals surface area (Å²) in [5.74, 6) is 0. The van der Waals surface area contributed by atoms with Crippen molar-refractivity contribution in [3.05, 3.63) is 53.1 Å². The van der Waals surface area contributed by atoms with Gasteiger partial charge in [0, 0.05) is 18.6 Å². The van der Waals surface area contributed by atoms with E-state index in [9.17, 15) is 0 Å². The Morgan fingerprint density at radius 3 is 2.75 bits per heavy atom. The van der Waals surface area contributed by atoms with Crippen LogP contribution in [-0.4, -0.2) is 14.5 Å². The number of nitrogens with one attached hydrogen (secondary N) is 1. The van der Waals surface area contributed by atoms with Gasteiger partial charge < -0.3 is 4.57 Å². The summed E-state index contributed by atoms with van der Waals surface area (Å²) in [6.45, 7) is 0.580. The van der Waals surface area contributed by atoms with Gasteiger partial charge in [-0.3, -0.25) is 5.41 Å². The molecule has 0 radical (unpaired) electrons. The topological polar surface area (TPSA) is 54.6 Å². The third kappa shape index (κ3) is 3.05. The molecular weight excluding hydrogens is 247 g/mol. The minimum atomic E-state index is 0. The largest absolute Gasteiger partial charge is 0.313 e. The van der Waals surface area contributed by atoms with Crippen molar-refractivity contribution in [2.24, 2.45) is 0 Å². The predicted octanol–water partition coefficient (Wildman–Crippen LogP) is 1.88. The van der Waals surface area contributed by atoms with Crippen molar-refractivity contribution in [1.29, 1.82) is 5.41 Å². The Balaban J connectivity index is 0.00000128. The van der Waals surface area contributed by atoms with Crippen molar-refractivity contribution in [1.82, 2.24) is 14.5 Å². The molecule has 6 heteroatoms. The summed E-state index contributed by atoms with van der Waals surface area (Å²) in [6.07, 6.45) is 5.10. The third-order valence-electron chi connectivity index (χ3n) is 1.96. The average molecular weight is 257 g/mol. The zero-order chi connectivity index (χ0) is 10.7. The molecule has 0 fully saturated rings. The van der Waals surface area contributed by atoms with E-state index in [1.165, 1.54) is 0 Å². The van der Waals surface area contributed by atoms with Crippen molar-refractivity contribution in [3.63, 3.8) is 0 Å². The molecule has 2 aromatic rings. The summed E-state index contributed by atoms with van der Waals surface area (Å²) in [4.78, 5) is 7.85. The summed E-state index contributed by atoms with van der Waals surface area (Å²) >= 11 is 5.68. The van der Waals surface area contributed by atoms with Crippen molar-refractivity contribution < 1.29 is 0 Å². The summed E-state index contributed by atoms with van der Waals surface area (Å²) < 4.78 is 1.73. The highest BCUT2D eigenvalue weighted by Crippen LogP contribution is 2.05. The minimum Gasteiger partial charge on any atom is -0.313 e. The second kappa shape index (κ2) is 5.63. The molecule has 0 saturated heterocycles. The number of nitrogens with zero attached hydrogens (tertiary/aromatic N) is 3. The molecule has 2 aromatic heterocycles. The summed E-state index contributed by atoms with van der Waals surface area (Å²) in [5, 5.41) is 8.04. The molecule has 16 heavy (non-hydrogen) atoms. The smallest absolute Gasteiger partial charge is 0.222 e. The zero-order valence-corrected chi connectivity index (χ0v) is 9.87. The van der Waals surface area contributed by atoms with Gasteiger partial charge in [-0.25, -0.2) is 9.97 Å². The van der Waals surface area contributed by atoms with Gasteiger partial charge in [0.05, 0.1) is 6.54 Å². The first kappa shape index (κ1) is 12.7. The summed E-state index contributed by atoms with van der Waals surface area (Å²) in [6, 6.07) is 5.41. The number of aromatic nitrogens is 3. The second-order valence-electron chi connectivity index (χ2n) is 3.06. The van der Waals surface area contributed by atoms with Crippen LogP contribution in [0.15, 0.2) is 36.8 Å². The normalized spacial score (nSPS) is 9.56. The number of hydrogen-bond donors (Lipinski definition) is 1. The molecular formula is C10H10Cl2N4.